The predicted octanol–water partition coefficient (Wildman–Crippen LogP) is 3.07. The molecule has 0 aliphatic carbocycles. The van der Waals surface area contributed by atoms with Crippen molar-refractivity contribution in [3.8, 4) is 0 Å². The Morgan fingerprint density at radius 3 is 2.62 bits per heavy atom. The molecule has 0 amide bonds. The zero-order valence-corrected chi connectivity index (χ0v) is 8.88. The molecule has 0 rings (SSSR count). The molecule has 0 bridgehead atoms. The molecule has 2 nitrogen and oxygen atoms in total. The fraction of sp³-hybridized carbons (Fsp3) is 0.727. The lowest BCUT2D eigenvalue weighted by Crippen LogP contribution is -2.12. The molecule has 0 aromatic rings. The lowest BCUT2D eigenvalue weighted by atomic mass is 10.3. The van der Waals surface area contributed by atoms with E-state index in [2.05, 4.69) is 6.92 Å². The van der Waals surface area contributed by atoms with Gasteiger partial charge in [-0.1, -0.05) is 32.4 Å². The third-order valence-electron chi connectivity index (χ3n) is 1.81. The van der Waals surface area contributed by atoms with Gasteiger partial charge < -0.3 is 4.74 Å². The van der Waals surface area contributed by atoms with Crippen LogP contribution in [0.3, 0.4) is 0 Å². The van der Waals surface area contributed by atoms with Crippen molar-refractivity contribution in [2.75, 3.05) is 0 Å². The van der Waals surface area contributed by atoms with E-state index in [4.69, 9.17) is 4.74 Å². The minimum absolute atomic E-state index is 0.0482. The number of esters is 1. The number of unbranched alkanes of at least 4 members (excludes halogenated alkanes) is 1. The van der Waals surface area contributed by atoms with Gasteiger partial charge in [0.1, 0.15) is 0 Å². The highest BCUT2D eigenvalue weighted by atomic mass is 16.5. The lowest BCUT2D eigenvalue weighted by molar-refractivity contribution is -0.147. The van der Waals surface area contributed by atoms with E-state index < -0.39 is 0 Å². The highest BCUT2D eigenvalue weighted by molar-refractivity contribution is 5.71. The molecule has 0 aliphatic rings. The molecule has 76 valence electrons. The number of rotatable bonds is 6. The summed E-state index contributed by atoms with van der Waals surface area (Å²) in [4.78, 5) is 11.1. The second-order valence-electron chi connectivity index (χ2n) is 3.17. The number of allylic oxidation sites excluding steroid dienone is 1. The third kappa shape index (κ3) is 7.57. The van der Waals surface area contributed by atoms with E-state index in [0.29, 0.717) is 6.42 Å². The van der Waals surface area contributed by atoms with Crippen molar-refractivity contribution < 1.29 is 9.53 Å². The maximum absolute atomic E-state index is 11.1. The third-order valence-corrected chi connectivity index (χ3v) is 1.81. The summed E-state index contributed by atoms with van der Waals surface area (Å²) in [6.45, 7) is 6.03. The number of carbonyl (C=O) groups is 1. The van der Waals surface area contributed by atoms with Crippen LogP contribution in [0.5, 0.6) is 0 Å². The average Bonchev–Trinajstić information content (AvgIpc) is 2.12. The van der Waals surface area contributed by atoms with Crippen LogP contribution >= 0.6 is 0 Å². The summed E-state index contributed by atoms with van der Waals surface area (Å²) in [5.74, 6) is -0.123. The van der Waals surface area contributed by atoms with Crippen LogP contribution in [0.1, 0.15) is 46.5 Å². The molecule has 0 spiro atoms. The number of hydrogen-bond donors (Lipinski definition) is 0. The molecule has 0 aliphatic heterocycles. The van der Waals surface area contributed by atoms with E-state index in [9.17, 15) is 4.79 Å². The summed E-state index contributed by atoms with van der Waals surface area (Å²) >= 11 is 0. The van der Waals surface area contributed by atoms with E-state index in [0.717, 1.165) is 19.3 Å². The van der Waals surface area contributed by atoms with Gasteiger partial charge >= 0.3 is 5.97 Å². The van der Waals surface area contributed by atoms with Gasteiger partial charge in [0.15, 0.2) is 0 Å². The number of ether oxygens (including phenoxy) is 1. The smallest absolute Gasteiger partial charge is 0.309 e. The van der Waals surface area contributed by atoms with Crippen LogP contribution in [0.4, 0.5) is 0 Å². The minimum Gasteiger partial charge on any atom is -0.462 e. The van der Waals surface area contributed by atoms with E-state index in [1.807, 2.05) is 26.0 Å². The van der Waals surface area contributed by atoms with Gasteiger partial charge in [-0.25, -0.2) is 0 Å². The van der Waals surface area contributed by atoms with Crippen molar-refractivity contribution in [2.45, 2.75) is 52.6 Å². The molecule has 0 heterocycles. The molecule has 1 atom stereocenters. The molecule has 0 fully saturated rings. The Bertz CT molecular complexity index is 161. The van der Waals surface area contributed by atoms with E-state index in [1.54, 1.807) is 0 Å². The summed E-state index contributed by atoms with van der Waals surface area (Å²) in [6.07, 6.45) is 7.40. The summed E-state index contributed by atoms with van der Waals surface area (Å²) in [5, 5.41) is 0. The zero-order valence-electron chi connectivity index (χ0n) is 8.88. The van der Waals surface area contributed by atoms with Crippen LogP contribution in [0.15, 0.2) is 12.2 Å². The second-order valence-corrected chi connectivity index (χ2v) is 3.17. The Morgan fingerprint density at radius 2 is 2.08 bits per heavy atom. The van der Waals surface area contributed by atoms with Gasteiger partial charge in [-0.15, -0.1) is 0 Å². The quantitative estimate of drug-likeness (QED) is 0.468. The lowest BCUT2D eigenvalue weighted by Gasteiger charge is -2.08. The van der Waals surface area contributed by atoms with Gasteiger partial charge in [-0.3, -0.25) is 4.79 Å². The molecular formula is C11H20O2. The first kappa shape index (κ1) is 12.2. The normalized spacial score (nSPS) is 13.2. The summed E-state index contributed by atoms with van der Waals surface area (Å²) in [7, 11) is 0. The molecule has 0 saturated heterocycles. The molecule has 0 aromatic heterocycles. The Kier molecular flexibility index (Phi) is 7.36. The highest BCUT2D eigenvalue weighted by Gasteiger charge is 2.04. The first-order valence-corrected chi connectivity index (χ1v) is 5.05. The molecule has 2 heteroatoms. The summed E-state index contributed by atoms with van der Waals surface area (Å²) in [6, 6.07) is 0. The Balaban J connectivity index is 3.51. The van der Waals surface area contributed by atoms with E-state index >= 15 is 0 Å². The van der Waals surface area contributed by atoms with Crippen LogP contribution < -0.4 is 0 Å². The zero-order chi connectivity index (χ0) is 10.1. The maximum Gasteiger partial charge on any atom is 0.309 e. The second kappa shape index (κ2) is 7.84. The van der Waals surface area contributed by atoms with Gasteiger partial charge in [0, 0.05) is 0 Å². The van der Waals surface area contributed by atoms with Crippen LogP contribution in [-0.4, -0.2) is 12.1 Å². The summed E-state index contributed by atoms with van der Waals surface area (Å²) < 4.78 is 5.09. The van der Waals surface area contributed by atoms with Crippen LogP contribution in [0, 0.1) is 0 Å². The largest absolute Gasteiger partial charge is 0.462 e. The predicted molar refractivity (Wildman–Crippen MR) is 54.5 cm³/mol. The van der Waals surface area contributed by atoms with E-state index in [-0.39, 0.29) is 12.1 Å². The first-order chi connectivity index (χ1) is 6.20. The average molecular weight is 184 g/mol. The first-order valence-electron chi connectivity index (χ1n) is 5.05. The maximum atomic E-state index is 11.1. The van der Waals surface area contributed by atoms with Gasteiger partial charge in [0.2, 0.25) is 0 Å². The Labute approximate surface area is 81.0 Å². The van der Waals surface area contributed by atoms with Crippen LogP contribution in [-0.2, 0) is 9.53 Å². The van der Waals surface area contributed by atoms with Crippen molar-refractivity contribution >= 4 is 5.97 Å². The minimum atomic E-state index is -0.123. The Hall–Kier alpha value is -0.790. The standard InChI is InChI=1S/C11H20O2/c1-4-6-7-8-9-11(12)13-10(3)5-2/h7-8,10H,4-6,9H2,1-3H3/b8-7+. The van der Waals surface area contributed by atoms with Gasteiger partial charge in [-0.2, -0.15) is 0 Å². The molecule has 0 aromatic carbocycles. The fourth-order valence-electron chi connectivity index (χ4n) is 0.820. The molecular weight excluding hydrogens is 164 g/mol. The van der Waals surface area contributed by atoms with Gasteiger partial charge in [0.05, 0.1) is 12.5 Å². The molecule has 0 N–H and O–H groups in total. The van der Waals surface area contributed by atoms with Crippen molar-refractivity contribution in [1.82, 2.24) is 0 Å². The van der Waals surface area contributed by atoms with Crippen molar-refractivity contribution in [3.63, 3.8) is 0 Å². The monoisotopic (exact) mass is 184 g/mol. The van der Waals surface area contributed by atoms with Crippen LogP contribution in [0.25, 0.3) is 0 Å². The van der Waals surface area contributed by atoms with Crippen molar-refractivity contribution in [3.05, 3.63) is 12.2 Å². The van der Waals surface area contributed by atoms with E-state index in [1.165, 1.54) is 0 Å². The topological polar surface area (TPSA) is 26.3 Å². The van der Waals surface area contributed by atoms with Gasteiger partial charge in [-0.05, 0) is 19.8 Å². The molecule has 0 radical (unpaired) electrons. The highest BCUT2D eigenvalue weighted by Crippen LogP contribution is 1.99. The molecule has 13 heavy (non-hydrogen) atoms. The summed E-state index contributed by atoms with van der Waals surface area (Å²) in [5.41, 5.74) is 0. The fourth-order valence-corrected chi connectivity index (χ4v) is 0.820. The van der Waals surface area contributed by atoms with Crippen LogP contribution in [0.2, 0.25) is 0 Å². The Morgan fingerprint density at radius 1 is 1.38 bits per heavy atom. The van der Waals surface area contributed by atoms with Gasteiger partial charge in [0.25, 0.3) is 0 Å². The SMILES string of the molecule is CCC/C=C/CC(=O)OC(C)CC. The van der Waals surface area contributed by atoms with Crippen molar-refractivity contribution in [2.24, 2.45) is 0 Å². The van der Waals surface area contributed by atoms with Crippen molar-refractivity contribution in [1.29, 1.82) is 0 Å². The number of carbonyl (C=O) groups excluding carboxylic acids is 1. The molecule has 0 saturated carbocycles. The molecule has 1 unspecified atom stereocenters. The number of hydrogen-bond acceptors (Lipinski definition) is 2.